The molecular weight excluding hydrogens is 453 g/mol. The summed E-state index contributed by atoms with van der Waals surface area (Å²) >= 11 is 0. The molecule has 0 aromatic heterocycles. The summed E-state index contributed by atoms with van der Waals surface area (Å²) < 4.78 is 10.9. The van der Waals surface area contributed by atoms with Crippen molar-refractivity contribution in [1.29, 1.82) is 0 Å². The van der Waals surface area contributed by atoms with Crippen molar-refractivity contribution in [3.63, 3.8) is 0 Å². The Labute approximate surface area is 182 Å². The van der Waals surface area contributed by atoms with Crippen molar-refractivity contribution in [2.45, 2.75) is 39.8 Å². The number of allylic oxidation sites excluding steroid dienone is 1. The zero-order chi connectivity index (χ0) is 19.0. The summed E-state index contributed by atoms with van der Waals surface area (Å²) in [6.07, 6.45) is 4.06. The number of guanidine groups is 1. The van der Waals surface area contributed by atoms with Gasteiger partial charge in [0.15, 0.2) is 5.96 Å². The molecule has 27 heavy (non-hydrogen) atoms. The van der Waals surface area contributed by atoms with Crippen LogP contribution in [0.2, 0.25) is 0 Å². The van der Waals surface area contributed by atoms with Gasteiger partial charge in [-0.1, -0.05) is 30.3 Å². The molecule has 0 atom stereocenters. The van der Waals surface area contributed by atoms with E-state index in [0.29, 0.717) is 26.4 Å². The number of unbranched alkanes of at least 4 members (excludes halogenated alkanes) is 1. The van der Waals surface area contributed by atoms with Gasteiger partial charge in [-0.2, -0.15) is 0 Å². The molecule has 0 aliphatic heterocycles. The molecule has 1 aromatic carbocycles. The fourth-order valence-electron chi connectivity index (χ4n) is 2.48. The van der Waals surface area contributed by atoms with Crippen LogP contribution in [0.3, 0.4) is 0 Å². The summed E-state index contributed by atoms with van der Waals surface area (Å²) in [6, 6.07) is 8.41. The smallest absolute Gasteiger partial charge is 0.193 e. The van der Waals surface area contributed by atoms with Crippen LogP contribution < -0.4 is 5.32 Å². The van der Waals surface area contributed by atoms with Gasteiger partial charge in [-0.3, -0.25) is 0 Å². The Kier molecular flexibility index (Phi) is 16.3. The molecule has 0 unspecified atom stereocenters. The second-order valence-corrected chi connectivity index (χ2v) is 6.09. The fourth-order valence-corrected chi connectivity index (χ4v) is 2.48. The Morgan fingerprint density at radius 3 is 2.67 bits per heavy atom. The summed E-state index contributed by atoms with van der Waals surface area (Å²) in [5.41, 5.74) is 2.35. The summed E-state index contributed by atoms with van der Waals surface area (Å²) in [5, 5.41) is 3.36. The molecule has 0 bridgehead atoms. The van der Waals surface area contributed by atoms with E-state index in [9.17, 15) is 0 Å². The van der Waals surface area contributed by atoms with Gasteiger partial charge in [0.2, 0.25) is 0 Å². The lowest BCUT2D eigenvalue weighted by Gasteiger charge is -2.21. The third kappa shape index (κ3) is 12.0. The van der Waals surface area contributed by atoms with Crippen molar-refractivity contribution in [2.24, 2.45) is 4.99 Å². The molecule has 0 saturated carbocycles. The van der Waals surface area contributed by atoms with E-state index in [1.54, 1.807) is 0 Å². The van der Waals surface area contributed by atoms with E-state index >= 15 is 0 Å². The van der Waals surface area contributed by atoms with Gasteiger partial charge in [-0.05, 0) is 37.8 Å². The average Bonchev–Trinajstić information content (AvgIpc) is 2.65. The average molecular weight is 489 g/mol. The lowest BCUT2D eigenvalue weighted by atomic mass is 10.1. The molecule has 0 aliphatic rings. The van der Waals surface area contributed by atoms with Crippen molar-refractivity contribution < 1.29 is 9.47 Å². The largest absolute Gasteiger partial charge is 0.379 e. The van der Waals surface area contributed by atoms with Crippen LogP contribution in [0, 0.1) is 0 Å². The second-order valence-electron chi connectivity index (χ2n) is 6.09. The van der Waals surface area contributed by atoms with E-state index in [0.717, 1.165) is 38.5 Å². The standard InChI is InChI=1S/C21H35N3O2.HI/c1-5-8-9-13-24(4)21(22-6-2)23-17-19-11-10-12-20(16-19)18-26-15-14-25-7-3;/h5,10-12,16H,1,6-9,13-15,17-18H2,2-4H3,(H,22,23);1H. The van der Waals surface area contributed by atoms with Crippen molar-refractivity contribution in [1.82, 2.24) is 10.2 Å². The van der Waals surface area contributed by atoms with Crippen LogP contribution in [0.15, 0.2) is 41.9 Å². The van der Waals surface area contributed by atoms with Crippen molar-refractivity contribution in [2.75, 3.05) is 40.0 Å². The zero-order valence-corrected chi connectivity index (χ0v) is 19.4. The van der Waals surface area contributed by atoms with Crippen LogP contribution in [0.5, 0.6) is 0 Å². The highest BCUT2D eigenvalue weighted by molar-refractivity contribution is 14.0. The number of nitrogens with one attached hydrogen (secondary N) is 1. The summed E-state index contributed by atoms with van der Waals surface area (Å²) in [5.74, 6) is 0.940. The lowest BCUT2D eigenvalue weighted by molar-refractivity contribution is 0.0453. The Hall–Kier alpha value is -1.12. The van der Waals surface area contributed by atoms with E-state index in [2.05, 4.69) is 55.0 Å². The van der Waals surface area contributed by atoms with Gasteiger partial charge in [0.1, 0.15) is 0 Å². The predicted octanol–water partition coefficient (Wildman–Crippen LogP) is 4.22. The minimum absolute atomic E-state index is 0. The molecule has 1 aromatic rings. The number of hydrogen-bond donors (Lipinski definition) is 1. The van der Waals surface area contributed by atoms with Gasteiger partial charge >= 0.3 is 0 Å². The van der Waals surface area contributed by atoms with E-state index < -0.39 is 0 Å². The van der Waals surface area contributed by atoms with E-state index in [-0.39, 0.29) is 24.0 Å². The fraction of sp³-hybridized carbons (Fsp3) is 0.571. The van der Waals surface area contributed by atoms with Crippen LogP contribution in [-0.2, 0) is 22.6 Å². The van der Waals surface area contributed by atoms with Gasteiger partial charge in [-0.15, -0.1) is 30.6 Å². The van der Waals surface area contributed by atoms with Crippen molar-refractivity contribution >= 4 is 29.9 Å². The highest BCUT2D eigenvalue weighted by atomic mass is 127. The Morgan fingerprint density at radius 1 is 1.22 bits per heavy atom. The first-order valence-corrected chi connectivity index (χ1v) is 9.54. The number of benzene rings is 1. The Bertz CT molecular complexity index is 538. The molecule has 154 valence electrons. The number of nitrogens with zero attached hydrogens (tertiary/aromatic N) is 2. The molecule has 1 rings (SSSR count). The van der Waals surface area contributed by atoms with Crippen molar-refractivity contribution in [3.05, 3.63) is 48.0 Å². The van der Waals surface area contributed by atoms with Gasteiger partial charge in [0.25, 0.3) is 0 Å². The minimum Gasteiger partial charge on any atom is -0.379 e. The number of aliphatic imine (C=N–C) groups is 1. The third-order valence-corrected chi connectivity index (χ3v) is 3.85. The predicted molar refractivity (Wildman–Crippen MR) is 125 cm³/mol. The second kappa shape index (κ2) is 17.0. The van der Waals surface area contributed by atoms with Crippen LogP contribution in [0.4, 0.5) is 0 Å². The highest BCUT2D eigenvalue weighted by Crippen LogP contribution is 2.08. The van der Waals surface area contributed by atoms with Crippen LogP contribution >= 0.6 is 24.0 Å². The number of rotatable bonds is 13. The highest BCUT2D eigenvalue weighted by Gasteiger charge is 2.05. The summed E-state index contributed by atoms with van der Waals surface area (Å²) in [6.45, 7) is 12.9. The SMILES string of the molecule is C=CCCCN(C)C(=NCc1cccc(COCCOCC)c1)NCC.I. The molecule has 5 nitrogen and oxygen atoms in total. The van der Waals surface area contributed by atoms with Gasteiger partial charge in [-0.25, -0.2) is 4.99 Å². The van der Waals surface area contributed by atoms with E-state index in [4.69, 9.17) is 14.5 Å². The van der Waals surface area contributed by atoms with Gasteiger partial charge < -0.3 is 19.7 Å². The number of ether oxygens (including phenoxy) is 2. The van der Waals surface area contributed by atoms with E-state index in [1.807, 2.05) is 13.0 Å². The lowest BCUT2D eigenvalue weighted by Crippen LogP contribution is -2.39. The zero-order valence-electron chi connectivity index (χ0n) is 17.1. The molecule has 6 heteroatoms. The first kappa shape index (κ1) is 25.9. The molecule has 0 radical (unpaired) electrons. The Morgan fingerprint density at radius 2 is 1.96 bits per heavy atom. The summed E-state index contributed by atoms with van der Waals surface area (Å²) in [4.78, 5) is 6.94. The molecule has 0 amide bonds. The maximum absolute atomic E-state index is 5.64. The first-order chi connectivity index (χ1) is 12.7. The molecule has 0 fully saturated rings. The monoisotopic (exact) mass is 489 g/mol. The van der Waals surface area contributed by atoms with Gasteiger partial charge in [0, 0.05) is 26.7 Å². The Balaban J connectivity index is 0.00000676. The van der Waals surface area contributed by atoms with Crippen LogP contribution in [0.25, 0.3) is 0 Å². The number of halogens is 1. The maximum atomic E-state index is 5.64. The molecule has 0 saturated heterocycles. The van der Waals surface area contributed by atoms with Crippen LogP contribution in [-0.4, -0.2) is 50.8 Å². The first-order valence-electron chi connectivity index (χ1n) is 9.54. The maximum Gasteiger partial charge on any atom is 0.193 e. The minimum atomic E-state index is 0. The molecular formula is C21H36IN3O2. The summed E-state index contributed by atoms with van der Waals surface area (Å²) in [7, 11) is 2.08. The normalized spacial score (nSPS) is 11.0. The topological polar surface area (TPSA) is 46.1 Å². The molecule has 0 aliphatic carbocycles. The number of hydrogen-bond acceptors (Lipinski definition) is 3. The quantitative estimate of drug-likeness (QED) is 0.148. The van der Waals surface area contributed by atoms with E-state index in [1.165, 1.54) is 11.1 Å². The molecule has 1 N–H and O–H groups in total. The van der Waals surface area contributed by atoms with Crippen molar-refractivity contribution in [3.8, 4) is 0 Å². The van der Waals surface area contributed by atoms with Gasteiger partial charge in [0.05, 0.1) is 26.4 Å². The molecule has 0 spiro atoms. The van der Waals surface area contributed by atoms with Crippen LogP contribution in [0.1, 0.15) is 37.8 Å². The molecule has 0 heterocycles. The third-order valence-electron chi connectivity index (χ3n) is 3.85.